The van der Waals surface area contributed by atoms with E-state index in [0.29, 0.717) is 11.5 Å². The second-order valence-electron chi connectivity index (χ2n) is 2.50. The molecule has 1 unspecified atom stereocenters. The van der Waals surface area contributed by atoms with Crippen molar-refractivity contribution in [2.75, 3.05) is 0 Å². The number of rotatable bonds is 1. The second kappa shape index (κ2) is 2.92. The van der Waals surface area contributed by atoms with Gasteiger partial charge in [0.15, 0.2) is 11.5 Å². The van der Waals surface area contributed by atoms with Crippen LogP contribution in [0.5, 0.6) is 11.5 Å². The minimum atomic E-state index is -1.22. The first-order valence-corrected chi connectivity index (χ1v) is 4.32. The van der Waals surface area contributed by atoms with Crippen LogP contribution >= 0.6 is 15.9 Å². The van der Waals surface area contributed by atoms with E-state index in [1.165, 1.54) is 0 Å². The number of hydrogen-bond donors (Lipinski definition) is 1. The summed E-state index contributed by atoms with van der Waals surface area (Å²) in [7, 11) is 0. The third-order valence-corrected chi connectivity index (χ3v) is 2.07. The van der Waals surface area contributed by atoms with Crippen LogP contribution in [0.4, 0.5) is 0 Å². The minimum absolute atomic E-state index is 0.446. The zero-order valence-electron chi connectivity index (χ0n) is 6.36. The van der Waals surface area contributed by atoms with Crippen molar-refractivity contribution in [1.29, 1.82) is 0 Å². The van der Waals surface area contributed by atoms with Gasteiger partial charge in [0, 0.05) is 4.47 Å². The maximum absolute atomic E-state index is 10.5. The SMILES string of the molecule is O=C(O)C1Oc2ccc(Br)cc2O1. The largest absolute Gasteiger partial charge is 0.476 e. The van der Waals surface area contributed by atoms with Crippen LogP contribution in [0.1, 0.15) is 0 Å². The van der Waals surface area contributed by atoms with Crippen molar-refractivity contribution >= 4 is 21.9 Å². The Labute approximate surface area is 82.2 Å². The lowest BCUT2D eigenvalue weighted by atomic mass is 10.3. The van der Waals surface area contributed by atoms with Crippen molar-refractivity contribution < 1.29 is 19.4 Å². The molecular formula is C8H5BrO4. The summed E-state index contributed by atoms with van der Waals surface area (Å²) in [6.07, 6.45) is -1.22. The molecule has 2 rings (SSSR count). The van der Waals surface area contributed by atoms with Gasteiger partial charge in [-0.3, -0.25) is 0 Å². The van der Waals surface area contributed by atoms with Crippen LogP contribution in [0, 0.1) is 0 Å². The van der Waals surface area contributed by atoms with Crippen LogP contribution in [-0.4, -0.2) is 17.4 Å². The molecule has 1 N–H and O–H groups in total. The molecule has 0 saturated carbocycles. The fourth-order valence-corrected chi connectivity index (χ4v) is 1.37. The van der Waals surface area contributed by atoms with Crippen molar-refractivity contribution in [2.24, 2.45) is 0 Å². The Bertz CT molecular complexity index is 363. The van der Waals surface area contributed by atoms with Crippen LogP contribution in [0.25, 0.3) is 0 Å². The molecule has 1 atom stereocenters. The van der Waals surface area contributed by atoms with Gasteiger partial charge < -0.3 is 14.6 Å². The fourth-order valence-electron chi connectivity index (χ4n) is 1.03. The molecule has 0 spiro atoms. The number of ether oxygens (including phenoxy) is 2. The summed E-state index contributed by atoms with van der Waals surface area (Å²) < 4.78 is 10.8. The highest BCUT2D eigenvalue weighted by atomic mass is 79.9. The molecule has 0 aromatic heterocycles. The first kappa shape index (κ1) is 8.37. The highest BCUT2D eigenvalue weighted by molar-refractivity contribution is 9.10. The standard InChI is InChI=1S/C8H5BrO4/c9-4-1-2-5-6(3-4)13-8(12-5)7(10)11/h1-3,8H,(H,10,11). The Morgan fingerprint density at radius 1 is 1.38 bits per heavy atom. The number of carbonyl (C=O) groups is 1. The van der Waals surface area contributed by atoms with Crippen molar-refractivity contribution in [1.82, 2.24) is 0 Å². The van der Waals surface area contributed by atoms with Crippen molar-refractivity contribution in [2.45, 2.75) is 6.29 Å². The van der Waals surface area contributed by atoms with Gasteiger partial charge in [-0.05, 0) is 18.2 Å². The second-order valence-corrected chi connectivity index (χ2v) is 3.41. The summed E-state index contributed by atoms with van der Waals surface area (Å²) in [6, 6.07) is 5.08. The molecule has 1 aliphatic heterocycles. The van der Waals surface area contributed by atoms with E-state index in [1.54, 1.807) is 18.2 Å². The normalized spacial score (nSPS) is 18.7. The molecule has 1 heterocycles. The Kier molecular flexibility index (Phi) is 1.88. The Morgan fingerprint density at radius 3 is 2.77 bits per heavy atom. The van der Waals surface area contributed by atoms with Crippen molar-refractivity contribution in [3.63, 3.8) is 0 Å². The molecule has 0 aliphatic carbocycles. The van der Waals surface area contributed by atoms with Crippen molar-refractivity contribution in [3.8, 4) is 11.5 Å². The fraction of sp³-hybridized carbons (Fsp3) is 0.125. The van der Waals surface area contributed by atoms with Crippen LogP contribution in [0.3, 0.4) is 0 Å². The summed E-state index contributed by atoms with van der Waals surface area (Å²) in [5.74, 6) is -0.232. The first-order chi connectivity index (χ1) is 6.16. The van der Waals surface area contributed by atoms with Crippen LogP contribution in [0.2, 0.25) is 0 Å². The first-order valence-electron chi connectivity index (χ1n) is 3.52. The van der Waals surface area contributed by atoms with Gasteiger partial charge >= 0.3 is 12.3 Å². The summed E-state index contributed by atoms with van der Waals surface area (Å²) in [5, 5.41) is 8.59. The topological polar surface area (TPSA) is 55.8 Å². The molecule has 0 bridgehead atoms. The van der Waals surface area contributed by atoms with Gasteiger partial charge in [-0.15, -0.1) is 0 Å². The van der Waals surface area contributed by atoms with Gasteiger partial charge in [0.25, 0.3) is 0 Å². The van der Waals surface area contributed by atoms with E-state index in [1.807, 2.05) is 0 Å². The predicted molar refractivity (Wildman–Crippen MR) is 46.8 cm³/mol. The van der Waals surface area contributed by atoms with E-state index in [0.717, 1.165) is 4.47 Å². The lowest BCUT2D eigenvalue weighted by Gasteiger charge is -2.02. The summed E-state index contributed by atoms with van der Waals surface area (Å²) in [5.41, 5.74) is 0. The summed E-state index contributed by atoms with van der Waals surface area (Å²) >= 11 is 3.24. The third kappa shape index (κ3) is 1.47. The molecule has 68 valence electrons. The Morgan fingerprint density at radius 2 is 2.08 bits per heavy atom. The van der Waals surface area contributed by atoms with E-state index in [-0.39, 0.29) is 0 Å². The van der Waals surface area contributed by atoms with Gasteiger partial charge in [0.05, 0.1) is 0 Å². The number of aliphatic carboxylic acids is 1. The van der Waals surface area contributed by atoms with Crippen LogP contribution in [-0.2, 0) is 4.79 Å². The third-order valence-electron chi connectivity index (χ3n) is 1.58. The van der Waals surface area contributed by atoms with E-state index in [2.05, 4.69) is 15.9 Å². The van der Waals surface area contributed by atoms with E-state index < -0.39 is 12.3 Å². The predicted octanol–water partition coefficient (Wildman–Crippen LogP) is 1.63. The number of benzene rings is 1. The quantitative estimate of drug-likeness (QED) is 0.816. The zero-order valence-corrected chi connectivity index (χ0v) is 7.95. The maximum Gasteiger partial charge on any atom is 0.387 e. The summed E-state index contributed by atoms with van der Waals surface area (Å²) in [6.45, 7) is 0. The lowest BCUT2D eigenvalue weighted by Crippen LogP contribution is -2.28. The number of carboxylic acid groups (broad SMARTS) is 1. The van der Waals surface area contributed by atoms with E-state index in [9.17, 15) is 4.79 Å². The molecule has 1 aliphatic rings. The molecule has 0 radical (unpaired) electrons. The highest BCUT2D eigenvalue weighted by Gasteiger charge is 2.30. The number of carboxylic acids is 1. The lowest BCUT2D eigenvalue weighted by molar-refractivity contribution is -0.154. The number of halogens is 1. The molecule has 0 fully saturated rings. The Hall–Kier alpha value is -1.23. The van der Waals surface area contributed by atoms with E-state index in [4.69, 9.17) is 14.6 Å². The number of fused-ring (bicyclic) bond motifs is 1. The average molecular weight is 245 g/mol. The van der Waals surface area contributed by atoms with E-state index >= 15 is 0 Å². The van der Waals surface area contributed by atoms with Gasteiger partial charge in [-0.1, -0.05) is 15.9 Å². The van der Waals surface area contributed by atoms with Crippen LogP contribution < -0.4 is 9.47 Å². The minimum Gasteiger partial charge on any atom is -0.476 e. The molecule has 13 heavy (non-hydrogen) atoms. The zero-order chi connectivity index (χ0) is 9.42. The highest BCUT2D eigenvalue weighted by Crippen LogP contribution is 2.36. The smallest absolute Gasteiger partial charge is 0.387 e. The number of hydrogen-bond acceptors (Lipinski definition) is 3. The van der Waals surface area contributed by atoms with Gasteiger partial charge in [-0.2, -0.15) is 0 Å². The maximum atomic E-state index is 10.5. The summed E-state index contributed by atoms with van der Waals surface area (Å²) in [4.78, 5) is 10.5. The molecule has 5 heteroatoms. The average Bonchev–Trinajstić information content (AvgIpc) is 2.46. The molecule has 1 aromatic rings. The molecular weight excluding hydrogens is 240 g/mol. The molecule has 0 amide bonds. The van der Waals surface area contributed by atoms with Crippen LogP contribution in [0.15, 0.2) is 22.7 Å². The molecule has 4 nitrogen and oxygen atoms in total. The van der Waals surface area contributed by atoms with Gasteiger partial charge in [0.2, 0.25) is 0 Å². The molecule has 1 aromatic carbocycles. The molecule has 0 saturated heterocycles. The van der Waals surface area contributed by atoms with Gasteiger partial charge in [-0.25, -0.2) is 4.79 Å². The Balaban J connectivity index is 2.30. The monoisotopic (exact) mass is 244 g/mol. The van der Waals surface area contributed by atoms with Crippen molar-refractivity contribution in [3.05, 3.63) is 22.7 Å². The van der Waals surface area contributed by atoms with Gasteiger partial charge in [0.1, 0.15) is 0 Å².